The number of benzene rings is 5. The number of pyridine rings is 1. The van der Waals surface area contributed by atoms with Crippen LogP contribution in [-0.2, 0) is 0 Å². The molecule has 5 heteroatoms. The van der Waals surface area contributed by atoms with Crippen molar-refractivity contribution in [2.45, 2.75) is 0 Å². The summed E-state index contributed by atoms with van der Waals surface area (Å²) < 4.78 is 10.2. The van der Waals surface area contributed by atoms with Crippen LogP contribution in [0.5, 0.6) is 0 Å². The molecule has 0 saturated heterocycles. The Balaban J connectivity index is 1.40. The van der Waals surface area contributed by atoms with Crippen LogP contribution in [0.15, 0.2) is 137 Å². The molecule has 192 valence electrons. The third-order valence-electron chi connectivity index (χ3n) is 8.19. The van der Waals surface area contributed by atoms with Gasteiger partial charge in [-0.15, -0.1) is 0 Å². The minimum absolute atomic E-state index is 0.361. The van der Waals surface area contributed by atoms with Crippen molar-refractivity contribution in [1.82, 2.24) is 14.1 Å². The Morgan fingerprint density at radius 1 is 0.488 bits per heavy atom. The number of aromatic nitrogens is 3. The first kappa shape index (κ1) is 22.2. The summed E-state index contributed by atoms with van der Waals surface area (Å²) in [7, 11) is 0. The standard InChI is InChI=1S/C36H21N3O2/c40-36-29-21-33-27(20-28(29)35-34(41-36)15-8-18-37-35)25-12-5-7-14-31(25)39(33)23-16-17-32-26(19-23)24-11-4-6-13-30(24)38(32)22-9-2-1-3-10-22/h1-21H. The molecule has 0 aliphatic rings. The molecule has 0 aliphatic carbocycles. The fraction of sp³-hybridized carbons (Fsp3) is 0. The number of hydrogen-bond acceptors (Lipinski definition) is 3. The van der Waals surface area contributed by atoms with E-state index in [2.05, 4.69) is 111 Å². The van der Waals surface area contributed by atoms with E-state index in [-0.39, 0.29) is 5.63 Å². The largest absolute Gasteiger partial charge is 0.421 e. The fourth-order valence-corrected chi connectivity index (χ4v) is 6.44. The van der Waals surface area contributed by atoms with Gasteiger partial charge < -0.3 is 13.6 Å². The van der Waals surface area contributed by atoms with Gasteiger partial charge in [-0.2, -0.15) is 0 Å². The lowest BCUT2D eigenvalue weighted by Crippen LogP contribution is -2.01. The van der Waals surface area contributed by atoms with Crippen molar-refractivity contribution in [1.29, 1.82) is 0 Å². The Labute approximate surface area is 233 Å². The van der Waals surface area contributed by atoms with Crippen LogP contribution in [0.25, 0.3) is 76.9 Å². The molecule has 5 nitrogen and oxygen atoms in total. The molecule has 0 atom stereocenters. The van der Waals surface area contributed by atoms with Crippen molar-refractivity contribution < 1.29 is 4.42 Å². The highest BCUT2D eigenvalue weighted by Crippen LogP contribution is 2.38. The first-order valence-electron chi connectivity index (χ1n) is 13.6. The Hall–Kier alpha value is -5.68. The number of rotatable bonds is 2. The van der Waals surface area contributed by atoms with Crippen LogP contribution in [0.4, 0.5) is 0 Å². The number of hydrogen-bond donors (Lipinski definition) is 0. The molecular weight excluding hydrogens is 506 g/mol. The maximum absolute atomic E-state index is 13.2. The molecule has 0 N–H and O–H groups in total. The van der Waals surface area contributed by atoms with Crippen molar-refractivity contribution in [3.63, 3.8) is 0 Å². The third-order valence-corrected chi connectivity index (χ3v) is 8.19. The molecule has 0 aliphatic heterocycles. The normalized spacial score (nSPS) is 12.0. The van der Waals surface area contributed by atoms with Crippen LogP contribution < -0.4 is 5.63 Å². The van der Waals surface area contributed by atoms with Crippen LogP contribution in [0.1, 0.15) is 0 Å². The van der Waals surface area contributed by atoms with Crippen molar-refractivity contribution in [3.05, 3.63) is 138 Å². The van der Waals surface area contributed by atoms with Crippen LogP contribution in [0.2, 0.25) is 0 Å². The zero-order chi connectivity index (χ0) is 27.1. The minimum Gasteiger partial charge on any atom is -0.421 e. The number of para-hydroxylation sites is 3. The van der Waals surface area contributed by atoms with Crippen LogP contribution in [0.3, 0.4) is 0 Å². The van der Waals surface area contributed by atoms with E-state index in [0.717, 1.165) is 49.6 Å². The Morgan fingerprint density at radius 2 is 1.15 bits per heavy atom. The highest BCUT2D eigenvalue weighted by atomic mass is 16.4. The summed E-state index contributed by atoms with van der Waals surface area (Å²) in [6.45, 7) is 0. The lowest BCUT2D eigenvalue weighted by atomic mass is 10.1. The molecule has 0 bridgehead atoms. The molecule has 0 saturated carbocycles. The van der Waals surface area contributed by atoms with Gasteiger partial charge in [0.1, 0.15) is 5.52 Å². The van der Waals surface area contributed by atoms with Crippen molar-refractivity contribution >= 4 is 65.5 Å². The van der Waals surface area contributed by atoms with Crippen LogP contribution in [-0.4, -0.2) is 14.1 Å². The molecule has 0 amide bonds. The highest BCUT2D eigenvalue weighted by Gasteiger charge is 2.18. The number of fused-ring (bicyclic) bond motifs is 9. The summed E-state index contributed by atoms with van der Waals surface area (Å²) in [5.41, 5.74) is 7.31. The van der Waals surface area contributed by atoms with Crippen LogP contribution >= 0.6 is 0 Å². The van der Waals surface area contributed by atoms with Crippen molar-refractivity contribution in [3.8, 4) is 11.4 Å². The Kier molecular flexibility index (Phi) is 4.41. The third kappa shape index (κ3) is 3.06. The van der Waals surface area contributed by atoms with Gasteiger partial charge >= 0.3 is 5.63 Å². The Bertz CT molecular complexity index is 2550. The quantitative estimate of drug-likeness (QED) is 0.212. The Morgan fingerprint density at radius 3 is 1.93 bits per heavy atom. The van der Waals surface area contributed by atoms with Gasteiger partial charge in [-0.1, -0.05) is 54.6 Å². The zero-order valence-electron chi connectivity index (χ0n) is 21.8. The predicted octanol–water partition coefficient (Wildman–Crippen LogP) is 8.54. The first-order valence-corrected chi connectivity index (χ1v) is 13.6. The van der Waals surface area contributed by atoms with Crippen molar-refractivity contribution in [2.24, 2.45) is 0 Å². The van der Waals surface area contributed by atoms with Crippen LogP contribution in [0, 0.1) is 0 Å². The summed E-state index contributed by atoms with van der Waals surface area (Å²) >= 11 is 0. The van der Waals surface area contributed by atoms with E-state index in [4.69, 9.17) is 4.42 Å². The molecule has 0 spiro atoms. The van der Waals surface area contributed by atoms with E-state index < -0.39 is 0 Å². The minimum atomic E-state index is -0.361. The van der Waals surface area contributed by atoms with E-state index in [9.17, 15) is 4.79 Å². The second kappa shape index (κ2) is 8.16. The molecule has 41 heavy (non-hydrogen) atoms. The highest BCUT2D eigenvalue weighted by molar-refractivity contribution is 6.17. The van der Waals surface area contributed by atoms with Gasteiger partial charge in [0.05, 0.1) is 27.5 Å². The summed E-state index contributed by atoms with van der Waals surface area (Å²) in [5, 5.41) is 5.87. The fourth-order valence-electron chi connectivity index (χ4n) is 6.44. The molecule has 5 aromatic carbocycles. The second-order valence-electron chi connectivity index (χ2n) is 10.4. The van der Waals surface area contributed by atoms with Gasteiger partial charge in [-0.05, 0) is 66.7 Å². The molecule has 0 radical (unpaired) electrons. The topological polar surface area (TPSA) is 53.0 Å². The summed E-state index contributed by atoms with van der Waals surface area (Å²) in [6, 6.07) is 41.6. The SMILES string of the molecule is O=c1oc2cccnc2c2cc3c4ccccc4n(-c4ccc5c(c4)c4ccccc4n5-c4ccccc4)c3cc12. The average Bonchev–Trinajstić information content (AvgIpc) is 3.53. The van der Waals surface area contributed by atoms with Gasteiger partial charge in [-0.3, -0.25) is 4.98 Å². The predicted molar refractivity (Wildman–Crippen MR) is 166 cm³/mol. The van der Waals surface area contributed by atoms with Gasteiger partial charge in [0.25, 0.3) is 0 Å². The lowest BCUT2D eigenvalue weighted by Gasteiger charge is -2.10. The lowest BCUT2D eigenvalue weighted by molar-refractivity contribution is 0.568. The van der Waals surface area contributed by atoms with E-state index >= 15 is 0 Å². The van der Waals surface area contributed by atoms with Gasteiger partial charge in [0.15, 0.2) is 5.58 Å². The summed E-state index contributed by atoms with van der Waals surface area (Å²) in [6.07, 6.45) is 1.73. The second-order valence-corrected chi connectivity index (χ2v) is 10.4. The molecular formula is C36H21N3O2. The van der Waals surface area contributed by atoms with Gasteiger partial charge in [0, 0.05) is 44.5 Å². The van der Waals surface area contributed by atoms with E-state index in [0.29, 0.717) is 16.5 Å². The molecule has 4 heterocycles. The van der Waals surface area contributed by atoms with E-state index in [1.807, 2.05) is 12.1 Å². The molecule has 9 aromatic rings. The summed E-state index contributed by atoms with van der Waals surface area (Å²) in [4.78, 5) is 17.7. The molecule has 9 rings (SSSR count). The first-order chi connectivity index (χ1) is 20.3. The monoisotopic (exact) mass is 527 g/mol. The average molecular weight is 528 g/mol. The van der Waals surface area contributed by atoms with Crippen molar-refractivity contribution in [2.75, 3.05) is 0 Å². The summed E-state index contributed by atoms with van der Waals surface area (Å²) in [5.74, 6) is 0. The molecule has 0 unspecified atom stereocenters. The number of nitrogens with zero attached hydrogens (tertiary/aromatic N) is 3. The van der Waals surface area contributed by atoms with E-state index in [1.54, 1.807) is 18.3 Å². The molecule has 4 aromatic heterocycles. The van der Waals surface area contributed by atoms with Gasteiger partial charge in [0.2, 0.25) is 0 Å². The van der Waals surface area contributed by atoms with E-state index in [1.165, 1.54) is 10.8 Å². The smallest absolute Gasteiger partial charge is 0.344 e. The van der Waals surface area contributed by atoms with Gasteiger partial charge in [-0.25, -0.2) is 4.79 Å². The maximum atomic E-state index is 13.2. The maximum Gasteiger partial charge on any atom is 0.344 e. The molecule has 0 fully saturated rings. The zero-order valence-corrected chi connectivity index (χ0v) is 21.8.